The van der Waals surface area contributed by atoms with Gasteiger partial charge in [-0.2, -0.15) is 4.31 Å². The molecule has 1 aromatic rings. The molecule has 0 spiro atoms. The van der Waals surface area contributed by atoms with Crippen LogP contribution in [0.1, 0.15) is 19.2 Å². The number of imidazole rings is 1. The topological polar surface area (TPSA) is 64.4 Å². The third kappa shape index (κ3) is 3.00. The second-order valence-corrected chi connectivity index (χ2v) is 6.96. The van der Waals surface area contributed by atoms with Gasteiger partial charge in [-0.05, 0) is 13.3 Å². The highest BCUT2D eigenvalue weighted by Crippen LogP contribution is 2.21. The van der Waals surface area contributed by atoms with Crippen molar-refractivity contribution in [1.82, 2.24) is 13.9 Å². The molecule has 8 heteroatoms. The molecule has 114 valence electrons. The Bertz CT molecular complexity index is 558. The van der Waals surface area contributed by atoms with E-state index < -0.39 is 10.0 Å². The minimum absolute atomic E-state index is 0.0977. The Morgan fingerprint density at radius 1 is 1.55 bits per heavy atom. The second kappa shape index (κ2) is 6.43. The summed E-state index contributed by atoms with van der Waals surface area (Å²) in [5, 5.41) is 0.0977. The van der Waals surface area contributed by atoms with Crippen LogP contribution in [0.2, 0.25) is 0 Å². The Morgan fingerprint density at radius 2 is 2.30 bits per heavy atom. The van der Waals surface area contributed by atoms with Gasteiger partial charge >= 0.3 is 0 Å². The van der Waals surface area contributed by atoms with Gasteiger partial charge in [0.1, 0.15) is 5.82 Å². The maximum absolute atomic E-state index is 12.7. The van der Waals surface area contributed by atoms with Crippen LogP contribution in [0.5, 0.6) is 0 Å². The highest BCUT2D eigenvalue weighted by Gasteiger charge is 2.35. The van der Waals surface area contributed by atoms with Crippen molar-refractivity contribution in [1.29, 1.82) is 0 Å². The molecule has 0 aliphatic carbocycles. The van der Waals surface area contributed by atoms with Crippen LogP contribution in [-0.2, 0) is 21.3 Å². The first kappa shape index (κ1) is 15.8. The van der Waals surface area contributed by atoms with Crippen LogP contribution in [0.3, 0.4) is 0 Å². The summed E-state index contributed by atoms with van der Waals surface area (Å²) >= 11 is 5.84. The molecule has 0 amide bonds. The van der Waals surface area contributed by atoms with Gasteiger partial charge < -0.3 is 9.30 Å². The molecular weight excluding hydrogens is 302 g/mol. The van der Waals surface area contributed by atoms with Crippen LogP contribution in [0, 0.1) is 6.92 Å². The average molecular weight is 322 g/mol. The fraction of sp³-hybridized carbons (Fsp3) is 0.750. The molecule has 1 atom stereocenters. The summed E-state index contributed by atoms with van der Waals surface area (Å²) in [6, 6.07) is -0.327. The van der Waals surface area contributed by atoms with Gasteiger partial charge in [0.05, 0.1) is 19.3 Å². The lowest BCUT2D eigenvalue weighted by Crippen LogP contribution is -2.49. The van der Waals surface area contributed by atoms with E-state index in [1.807, 2.05) is 18.4 Å². The first-order valence-electron chi connectivity index (χ1n) is 6.70. The lowest BCUT2D eigenvalue weighted by atomic mass is 10.3. The van der Waals surface area contributed by atoms with Crippen LogP contribution in [-0.4, -0.2) is 54.0 Å². The number of aromatic nitrogens is 2. The Kier molecular flexibility index (Phi) is 5.06. The van der Waals surface area contributed by atoms with E-state index in [4.69, 9.17) is 16.3 Å². The summed E-state index contributed by atoms with van der Waals surface area (Å²) in [6.07, 6.45) is 2.54. The first-order chi connectivity index (χ1) is 9.50. The fourth-order valence-corrected chi connectivity index (χ4v) is 4.20. The fourth-order valence-electron chi connectivity index (χ4n) is 2.27. The van der Waals surface area contributed by atoms with Gasteiger partial charge in [0.15, 0.2) is 5.03 Å². The van der Waals surface area contributed by atoms with E-state index in [0.717, 1.165) is 13.0 Å². The molecule has 20 heavy (non-hydrogen) atoms. The number of nitrogens with zero attached hydrogens (tertiary/aromatic N) is 3. The third-order valence-electron chi connectivity index (χ3n) is 3.34. The van der Waals surface area contributed by atoms with Gasteiger partial charge in [-0.25, -0.2) is 13.4 Å². The molecular formula is C12H20ClN3O3S. The third-order valence-corrected chi connectivity index (χ3v) is 5.52. The molecule has 2 heterocycles. The Labute approximate surface area is 124 Å². The van der Waals surface area contributed by atoms with E-state index in [1.165, 1.54) is 4.31 Å². The summed E-state index contributed by atoms with van der Waals surface area (Å²) < 4.78 is 33.9. The van der Waals surface area contributed by atoms with Gasteiger partial charge in [0.25, 0.3) is 10.0 Å². The van der Waals surface area contributed by atoms with Gasteiger partial charge in [-0.1, -0.05) is 6.92 Å². The largest absolute Gasteiger partial charge is 0.378 e. The summed E-state index contributed by atoms with van der Waals surface area (Å²) in [7, 11) is -3.61. The van der Waals surface area contributed by atoms with E-state index in [-0.39, 0.29) is 16.9 Å². The SMILES string of the molecule is CCCn1cc(S(=O)(=O)N2CCOCC2CCl)nc1C. The van der Waals surface area contributed by atoms with Crippen molar-refractivity contribution in [2.45, 2.75) is 37.9 Å². The second-order valence-electron chi connectivity index (χ2n) is 4.82. The molecule has 0 radical (unpaired) electrons. The number of ether oxygens (including phenoxy) is 1. The molecule has 0 bridgehead atoms. The molecule has 1 aliphatic rings. The molecule has 1 unspecified atom stereocenters. The number of halogens is 1. The molecule has 0 saturated carbocycles. The van der Waals surface area contributed by atoms with E-state index in [9.17, 15) is 8.42 Å². The summed E-state index contributed by atoms with van der Waals surface area (Å²) in [5.41, 5.74) is 0. The minimum Gasteiger partial charge on any atom is -0.378 e. The standard InChI is InChI=1S/C12H20ClN3O3S/c1-3-4-15-8-12(14-10(15)2)20(17,18)16-5-6-19-9-11(16)7-13/h8,11H,3-7,9H2,1-2H3. The molecule has 1 aliphatic heterocycles. The molecule has 2 rings (SSSR count). The summed E-state index contributed by atoms with van der Waals surface area (Å²) in [6.45, 7) is 5.65. The van der Waals surface area contributed by atoms with Crippen molar-refractivity contribution in [2.24, 2.45) is 0 Å². The predicted molar refractivity (Wildman–Crippen MR) is 76.5 cm³/mol. The smallest absolute Gasteiger partial charge is 0.262 e. The van der Waals surface area contributed by atoms with Gasteiger partial charge in [-0.3, -0.25) is 0 Å². The number of morpholine rings is 1. The summed E-state index contributed by atoms with van der Waals surface area (Å²) in [5.74, 6) is 0.926. The molecule has 0 N–H and O–H groups in total. The van der Waals surface area contributed by atoms with E-state index in [1.54, 1.807) is 6.20 Å². The van der Waals surface area contributed by atoms with Crippen molar-refractivity contribution in [3.05, 3.63) is 12.0 Å². The summed E-state index contributed by atoms with van der Waals surface area (Å²) in [4.78, 5) is 4.19. The maximum atomic E-state index is 12.7. The monoisotopic (exact) mass is 321 g/mol. The van der Waals surface area contributed by atoms with Crippen molar-refractivity contribution in [2.75, 3.05) is 25.6 Å². The van der Waals surface area contributed by atoms with Crippen molar-refractivity contribution < 1.29 is 13.2 Å². The number of hydrogen-bond donors (Lipinski definition) is 0. The van der Waals surface area contributed by atoms with Crippen molar-refractivity contribution in [3.63, 3.8) is 0 Å². The molecule has 1 fully saturated rings. The Balaban J connectivity index is 2.31. The molecule has 1 saturated heterocycles. The lowest BCUT2D eigenvalue weighted by Gasteiger charge is -2.32. The van der Waals surface area contributed by atoms with Gasteiger partial charge in [0, 0.05) is 25.2 Å². The normalized spacial score (nSPS) is 21.2. The number of hydrogen-bond acceptors (Lipinski definition) is 4. The zero-order valence-corrected chi connectivity index (χ0v) is 13.3. The highest BCUT2D eigenvalue weighted by molar-refractivity contribution is 7.89. The van der Waals surface area contributed by atoms with Gasteiger partial charge in [0.2, 0.25) is 0 Å². The van der Waals surface area contributed by atoms with E-state index in [0.29, 0.717) is 25.6 Å². The number of sulfonamides is 1. The van der Waals surface area contributed by atoms with E-state index in [2.05, 4.69) is 4.98 Å². The van der Waals surface area contributed by atoms with Crippen LogP contribution in [0.4, 0.5) is 0 Å². The van der Waals surface area contributed by atoms with Crippen LogP contribution in [0.25, 0.3) is 0 Å². The van der Waals surface area contributed by atoms with Crippen LogP contribution >= 0.6 is 11.6 Å². The average Bonchev–Trinajstić information content (AvgIpc) is 2.81. The van der Waals surface area contributed by atoms with Crippen molar-refractivity contribution >= 4 is 21.6 Å². The number of alkyl halides is 1. The number of aryl methyl sites for hydroxylation is 2. The molecule has 6 nitrogen and oxygen atoms in total. The quantitative estimate of drug-likeness (QED) is 0.765. The van der Waals surface area contributed by atoms with Gasteiger partial charge in [-0.15, -0.1) is 11.6 Å². The highest BCUT2D eigenvalue weighted by atomic mass is 35.5. The molecule has 0 aromatic carbocycles. The maximum Gasteiger partial charge on any atom is 0.262 e. The lowest BCUT2D eigenvalue weighted by molar-refractivity contribution is 0.0403. The Morgan fingerprint density at radius 3 is 2.95 bits per heavy atom. The van der Waals surface area contributed by atoms with Crippen LogP contribution in [0.15, 0.2) is 11.2 Å². The van der Waals surface area contributed by atoms with Crippen LogP contribution < -0.4 is 0 Å². The predicted octanol–water partition coefficient (Wildman–Crippen LogP) is 1.23. The first-order valence-corrected chi connectivity index (χ1v) is 8.67. The minimum atomic E-state index is -3.61. The zero-order valence-electron chi connectivity index (χ0n) is 11.7. The number of rotatable bonds is 5. The van der Waals surface area contributed by atoms with Crippen molar-refractivity contribution in [3.8, 4) is 0 Å². The Hall–Kier alpha value is -0.630. The van der Waals surface area contributed by atoms with E-state index >= 15 is 0 Å². The zero-order chi connectivity index (χ0) is 14.8. The molecule has 1 aromatic heterocycles.